The van der Waals surface area contributed by atoms with Gasteiger partial charge in [0.25, 0.3) is 5.91 Å². The molecule has 2 atom stereocenters. The summed E-state index contributed by atoms with van der Waals surface area (Å²) in [5, 5.41) is 5.25. The topological polar surface area (TPSA) is 117 Å². The molecule has 11 heteroatoms. The zero-order valence-corrected chi connectivity index (χ0v) is 24.8. The fraction of sp³-hybridized carbons (Fsp3) is 0.467. The Kier molecular flexibility index (Phi) is 12.0. The van der Waals surface area contributed by atoms with E-state index in [9.17, 15) is 19.2 Å². The standard InChI is InChI=1S/C28H33ClN4O6.C2H6/c1-3-4-25(26(35)30-17-34)33-14-20-6-5-18(9-24(20)27(33)36)15-39-28(37)31-22-10-21(29)11-23(12-22)38-16-19-7-8-32(2)13-19;1-2/h5-6,9-12,17,19,25H,3-4,7-8,13-16H2,1-2H3,(H,31,37)(H,30,34,35);1-2H3. The van der Waals surface area contributed by atoms with Crippen molar-refractivity contribution in [2.45, 2.75) is 59.2 Å². The van der Waals surface area contributed by atoms with Crippen molar-refractivity contribution in [2.75, 3.05) is 32.1 Å². The van der Waals surface area contributed by atoms with Crippen molar-refractivity contribution < 1.29 is 28.7 Å². The van der Waals surface area contributed by atoms with Gasteiger partial charge < -0.3 is 19.3 Å². The van der Waals surface area contributed by atoms with Gasteiger partial charge in [-0.05, 0) is 55.8 Å². The first kappa shape index (κ1) is 31.9. The molecule has 0 aliphatic carbocycles. The van der Waals surface area contributed by atoms with Crippen LogP contribution in [-0.2, 0) is 27.5 Å². The van der Waals surface area contributed by atoms with E-state index < -0.39 is 18.0 Å². The molecule has 1 saturated heterocycles. The number of benzene rings is 2. The van der Waals surface area contributed by atoms with E-state index in [2.05, 4.69) is 22.6 Å². The molecule has 0 bridgehead atoms. The van der Waals surface area contributed by atoms with Gasteiger partial charge in [0, 0.05) is 41.3 Å². The smallest absolute Gasteiger partial charge is 0.411 e. The van der Waals surface area contributed by atoms with Crippen molar-refractivity contribution in [1.82, 2.24) is 15.1 Å². The molecule has 4 rings (SSSR count). The van der Waals surface area contributed by atoms with Gasteiger partial charge in [0.15, 0.2) is 0 Å². The molecule has 222 valence electrons. The van der Waals surface area contributed by atoms with Crippen LogP contribution >= 0.6 is 11.6 Å². The van der Waals surface area contributed by atoms with Crippen molar-refractivity contribution >= 4 is 41.6 Å². The molecule has 2 aromatic rings. The maximum atomic E-state index is 13.1. The normalized spacial score (nSPS) is 16.8. The lowest BCUT2D eigenvalue weighted by molar-refractivity contribution is -0.129. The highest BCUT2D eigenvalue weighted by molar-refractivity contribution is 6.31. The van der Waals surface area contributed by atoms with Crippen molar-refractivity contribution in [3.05, 3.63) is 58.1 Å². The van der Waals surface area contributed by atoms with E-state index in [0.717, 1.165) is 25.1 Å². The molecule has 2 aliphatic rings. The lowest BCUT2D eigenvalue weighted by atomic mass is 10.1. The molecule has 2 heterocycles. The number of rotatable bonds is 11. The number of amides is 4. The minimum absolute atomic E-state index is 0.0600. The second kappa shape index (κ2) is 15.4. The van der Waals surface area contributed by atoms with Gasteiger partial charge >= 0.3 is 6.09 Å². The summed E-state index contributed by atoms with van der Waals surface area (Å²) < 4.78 is 11.3. The van der Waals surface area contributed by atoms with Crippen LogP contribution in [0, 0.1) is 5.92 Å². The van der Waals surface area contributed by atoms with Gasteiger partial charge in [0.1, 0.15) is 18.4 Å². The fourth-order valence-electron chi connectivity index (χ4n) is 4.97. The third-order valence-electron chi connectivity index (χ3n) is 6.91. The van der Waals surface area contributed by atoms with E-state index in [1.165, 1.54) is 4.90 Å². The van der Waals surface area contributed by atoms with Gasteiger partial charge in [0.2, 0.25) is 12.3 Å². The molecule has 0 saturated carbocycles. The zero-order valence-electron chi connectivity index (χ0n) is 24.1. The Bertz CT molecular complexity index is 1240. The van der Waals surface area contributed by atoms with Crippen LogP contribution in [0.15, 0.2) is 36.4 Å². The molecule has 2 aromatic carbocycles. The number of likely N-dealkylation sites (tertiary alicyclic amines) is 1. The molecule has 1 fully saturated rings. The van der Waals surface area contributed by atoms with Gasteiger partial charge in [0.05, 0.1) is 6.61 Å². The number of ether oxygens (including phenoxy) is 2. The molecule has 10 nitrogen and oxygen atoms in total. The molecule has 4 amide bonds. The molecular formula is C30H39ClN4O6. The Morgan fingerprint density at radius 1 is 1.20 bits per heavy atom. The van der Waals surface area contributed by atoms with Gasteiger partial charge in [-0.25, -0.2) is 4.79 Å². The van der Waals surface area contributed by atoms with Gasteiger partial charge in [-0.1, -0.05) is 50.9 Å². The Balaban J connectivity index is 0.00000226. The minimum Gasteiger partial charge on any atom is -0.493 e. The van der Waals surface area contributed by atoms with Gasteiger partial charge in [-0.2, -0.15) is 0 Å². The van der Waals surface area contributed by atoms with Gasteiger partial charge in [-0.3, -0.25) is 25.0 Å². The molecule has 0 spiro atoms. The third kappa shape index (κ3) is 8.68. The summed E-state index contributed by atoms with van der Waals surface area (Å²) in [6.07, 6.45) is 1.83. The fourth-order valence-corrected chi connectivity index (χ4v) is 5.19. The Labute approximate surface area is 246 Å². The van der Waals surface area contributed by atoms with Crippen LogP contribution in [0.4, 0.5) is 10.5 Å². The van der Waals surface area contributed by atoms with Crippen molar-refractivity contribution in [3.63, 3.8) is 0 Å². The highest BCUT2D eigenvalue weighted by Gasteiger charge is 2.36. The number of nitrogens with one attached hydrogen (secondary N) is 2. The summed E-state index contributed by atoms with van der Waals surface area (Å²) in [5.41, 5.74) is 2.28. The number of carbonyl (C=O) groups excluding carboxylic acids is 4. The number of halogens is 1. The minimum atomic E-state index is -0.739. The number of imide groups is 1. The average molecular weight is 587 g/mol. The van der Waals surface area contributed by atoms with Crippen molar-refractivity contribution in [2.24, 2.45) is 5.92 Å². The van der Waals surface area contributed by atoms with E-state index in [0.29, 0.717) is 59.4 Å². The van der Waals surface area contributed by atoms with Crippen LogP contribution in [0.25, 0.3) is 0 Å². The summed E-state index contributed by atoms with van der Waals surface area (Å²) in [4.78, 5) is 52.4. The molecule has 0 radical (unpaired) electrons. The third-order valence-corrected chi connectivity index (χ3v) is 7.13. The Hall–Kier alpha value is -3.63. The number of anilines is 1. The first-order chi connectivity index (χ1) is 19.8. The molecule has 0 aromatic heterocycles. The van der Waals surface area contributed by atoms with E-state index >= 15 is 0 Å². The second-order valence-electron chi connectivity index (χ2n) is 9.96. The molecule has 2 unspecified atom stereocenters. The number of hydrogen-bond acceptors (Lipinski definition) is 7. The lowest BCUT2D eigenvalue weighted by Crippen LogP contribution is -2.46. The predicted molar refractivity (Wildman–Crippen MR) is 157 cm³/mol. The lowest BCUT2D eigenvalue weighted by Gasteiger charge is -2.25. The van der Waals surface area contributed by atoms with Crippen LogP contribution in [0.5, 0.6) is 5.75 Å². The summed E-state index contributed by atoms with van der Waals surface area (Å²) in [6, 6.07) is 9.49. The highest BCUT2D eigenvalue weighted by atomic mass is 35.5. The number of carbonyl (C=O) groups is 4. The number of nitrogens with zero attached hydrogens (tertiary/aromatic N) is 2. The van der Waals surface area contributed by atoms with E-state index in [1.54, 1.807) is 36.4 Å². The van der Waals surface area contributed by atoms with Gasteiger partial charge in [-0.15, -0.1) is 0 Å². The number of fused-ring (bicyclic) bond motifs is 1. The summed E-state index contributed by atoms with van der Waals surface area (Å²) in [6.45, 7) is 8.72. The van der Waals surface area contributed by atoms with E-state index in [4.69, 9.17) is 21.1 Å². The number of hydrogen-bond donors (Lipinski definition) is 2. The first-order valence-corrected chi connectivity index (χ1v) is 14.4. The van der Waals surface area contributed by atoms with Crippen molar-refractivity contribution in [1.29, 1.82) is 0 Å². The summed E-state index contributed by atoms with van der Waals surface area (Å²) >= 11 is 6.23. The molecule has 2 aliphatic heterocycles. The largest absolute Gasteiger partial charge is 0.493 e. The van der Waals surface area contributed by atoms with Crippen molar-refractivity contribution in [3.8, 4) is 5.75 Å². The summed E-state index contributed by atoms with van der Waals surface area (Å²) in [7, 11) is 2.09. The van der Waals surface area contributed by atoms with Crippen LogP contribution in [0.2, 0.25) is 5.02 Å². The quantitative estimate of drug-likeness (QED) is 0.362. The van der Waals surface area contributed by atoms with Crippen LogP contribution in [0.3, 0.4) is 0 Å². The second-order valence-corrected chi connectivity index (χ2v) is 10.4. The Morgan fingerprint density at radius 2 is 1.98 bits per heavy atom. The van der Waals surface area contributed by atoms with E-state index in [1.807, 2.05) is 20.8 Å². The maximum Gasteiger partial charge on any atom is 0.411 e. The molecule has 41 heavy (non-hydrogen) atoms. The Morgan fingerprint density at radius 3 is 2.66 bits per heavy atom. The van der Waals surface area contributed by atoms with E-state index in [-0.39, 0.29) is 19.1 Å². The summed E-state index contributed by atoms with van der Waals surface area (Å²) in [5.74, 6) is 0.213. The van der Waals surface area contributed by atoms with Crippen LogP contribution in [-0.4, -0.2) is 66.9 Å². The first-order valence-electron chi connectivity index (χ1n) is 14.0. The molecular weight excluding hydrogens is 548 g/mol. The van der Waals surface area contributed by atoms with Crippen LogP contribution in [0.1, 0.15) is 61.5 Å². The SMILES string of the molecule is CC.CCCC(C(=O)NC=O)N1Cc2ccc(COC(=O)Nc3cc(Cl)cc(OCC4CCN(C)C4)c3)cc2C1=O. The molecule has 2 N–H and O–H groups in total. The monoisotopic (exact) mass is 586 g/mol. The average Bonchev–Trinajstić information content (AvgIpc) is 3.52. The highest BCUT2D eigenvalue weighted by Crippen LogP contribution is 2.28. The van der Waals surface area contributed by atoms with Crippen LogP contribution < -0.4 is 15.4 Å². The zero-order chi connectivity index (χ0) is 29.9. The maximum absolute atomic E-state index is 13.1. The predicted octanol–water partition coefficient (Wildman–Crippen LogP) is 4.84.